The molecule has 0 aromatic rings. The Morgan fingerprint density at radius 2 is 2.12 bits per heavy atom. The van der Waals surface area contributed by atoms with Crippen LogP contribution in [0.2, 0.25) is 0 Å². The molecular formula is C20H26O5. The SMILES string of the molecule is C[C@]12C=CC(=O)C=C1CCC1C2OC[C@@]2(C)C1CC[C@]2(O)C(=O)CO. The van der Waals surface area contributed by atoms with Crippen molar-refractivity contribution >= 4 is 11.6 Å². The normalized spacial score (nSPS) is 48.4. The first-order valence-electron chi connectivity index (χ1n) is 9.19. The Hall–Kier alpha value is -1.30. The Balaban J connectivity index is 1.69. The van der Waals surface area contributed by atoms with Crippen LogP contribution in [0.25, 0.3) is 0 Å². The van der Waals surface area contributed by atoms with Crippen molar-refractivity contribution in [1.29, 1.82) is 0 Å². The lowest BCUT2D eigenvalue weighted by Crippen LogP contribution is -2.62. The average molecular weight is 346 g/mol. The third-order valence-electron chi connectivity index (χ3n) is 7.59. The molecule has 0 aromatic heterocycles. The van der Waals surface area contributed by atoms with Gasteiger partial charge in [-0.05, 0) is 56.6 Å². The smallest absolute Gasteiger partial charge is 0.190 e. The second kappa shape index (κ2) is 5.35. The number of carbonyl (C=O) groups is 2. The van der Waals surface area contributed by atoms with E-state index in [9.17, 15) is 19.8 Å². The highest BCUT2D eigenvalue weighted by molar-refractivity contribution is 6.01. The summed E-state index contributed by atoms with van der Waals surface area (Å²) in [5, 5.41) is 20.4. The fourth-order valence-electron chi connectivity index (χ4n) is 6.02. The quantitative estimate of drug-likeness (QED) is 0.793. The van der Waals surface area contributed by atoms with Gasteiger partial charge in [0.1, 0.15) is 12.2 Å². The summed E-state index contributed by atoms with van der Waals surface area (Å²) in [6.45, 7) is 3.72. The summed E-state index contributed by atoms with van der Waals surface area (Å²) < 4.78 is 6.30. The number of fused-ring (bicyclic) bond motifs is 5. The van der Waals surface area contributed by atoms with Gasteiger partial charge in [-0.3, -0.25) is 9.59 Å². The molecule has 4 aliphatic rings. The molecule has 0 aromatic carbocycles. The van der Waals surface area contributed by atoms with Gasteiger partial charge in [0.05, 0.1) is 12.7 Å². The fraction of sp³-hybridized carbons (Fsp3) is 0.700. The van der Waals surface area contributed by atoms with E-state index in [0.717, 1.165) is 24.8 Å². The van der Waals surface area contributed by atoms with Crippen molar-refractivity contribution in [3.63, 3.8) is 0 Å². The van der Waals surface area contributed by atoms with Gasteiger partial charge in [-0.15, -0.1) is 0 Å². The number of aliphatic hydroxyl groups is 2. The molecule has 136 valence electrons. The summed E-state index contributed by atoms with van der Waals surface area (Å²) in [5.74, 6) is -0.0453. The lowest BCUT2D eigenvalue weighted by atomic mass is 9.54. The van der Waals surface area contributed by atoms with E-state index in [1.807, 2.05) is 13.0 Å². The molecule has 0 spiro atoms. The maximum atomic E-state index is 12.3. The Morgan fingerprint density at radius 1 is 1.36 bits per heavy atom. The molecule has 0 bridgehead atoms. The predicted molar refractivity (Wildman–Crippen MR) is 90.7 cm³/mol. The van der Waals surface area contributed by atoms with Crippen LogP contribution in [0.15, 0.2) is 23.8 Å². The van der Waals surface area contributed by atoms with Gasteiger partial charge < -0.3 is 14.9 Å². The first-order valence-corrected chi connectivity index (χ1v) is 9.19. The zero-order valence-electron chi connectivity index (χ0n) is 14.8. The fourth-order valence-corrected chi connectivity index (χ4v) is 6.02. The topological polar surface area (TPSA) is 83.8 Å². The number of hydrogen-bond donors (Lipinski definition) is 2. The molecule has 3 fully saturated rings. The van der Waals surface area contributed by atoms with E-state index in [-0.39, 0.29) is 29.1 Å². The molecule has 1 heterocycles. The van der Waals surface area contributed by atoms with Crippen LogP contribution in [-0.4, -0.2) is 46.7 Å². The molecule has 1 aliphatic heterocycles. The summed E-state index contributed by atoms with van der Waals surface area (Å²) in [6, 6.07) is 0. The molecule has 4 rings (SSSR count). The average Bonchev–Trinajstić information content (AvgIpc) is 2.87. The van der Waals surface area contributed by atoms with Gasteiger partial charge in [-0.1, -0.05) is 18.6 Å². The summed E-state index contributed by atoms with van der Waals surface area (Å²) in [4.78, 5) is 24.0. The standard InChI is InChI=1S/C20H26O5/c1-18-7-5-13(22)9-12(18)3-4-14-15-6-8-20(24,16(23)10-21)19(15,2)11-25-17(14)18/h5,7,9,14-15,17,21,24H,3-4,6,8,10-11H2,1-2H3/t14?,15?,17?,18-,19-,20-/m0/s1. The first kappa shape index (κ1) is 17.1. The molecule has 3 aliphatic carbocycles. The van der Waals surface area contributed by atoms with Crippen molar-refractivity contribution in [2.75, 3.05) is 13.2 Å². The Morgan fingerprint density at radius 3 is 2.84 bits per heavy atom. The van der Waals surface area contributed by atoms with Gasteiger partial charge in [0.25, 0.3) is 0 Å². The highest BCUT2D eigenvalue weighted by Gasteiger charge is 2.66. The van der Waals surface area contributed by atoms with E-state index in [1.54, 1.807) is 12.2 Å². The second-order valence-corrected chi connectivity index (χ2v) is 8.63. The molecule has 25 heavy (non-hydrogen) atoms. The molecule has 5 heteroatoms. The van der Waals surface area contributed by atoms with Gasteiger partial charge >= 0.3 is 0 Å². The van der Waals surface area contributed by atoms with Gasteiger partial charge in [0, 0.05) is 10.8 Å². The van der Waals surface area contributed by atoms with Crippen LogP contribution >= 0.6 is 0 Å². The summed E-state index contributed by atoms with van der Waals surface area (Å²) in [6.07, 6.45) is 8.20. The van der Waals surface area contributed by atoms with Crippen molar-refractivity contribution < 1.29 is 24.5 Å². The lowest BCUT2D eigenvalue weighted by Gasteiger charge is -2.57. The number of Topliss-reactive ketones (excluding diaryl/α,β-unsaturated/α-hetero) is 1. The maximum Gasteiger partial charge on any atom is 0.190 e. The molecule has 0 radical (unpaired) electrons. The molecule has 5 nitrogen and oxygen atoms in total. The van der Waals surface area contributed by atoms with Crippen molar-refractivity contribution in [2.45, 2.75) is 51.2 Å². The summed E-state index contributed by atoms with van der Waals surface area (Å²) >= 11 is 0. The minimum Gasteiger partial charge on any atom is -0.388 e. The van der Waals surface area contributed by atoms with E-state index in [2.05, 4.69) is 6.92 Å². The van der Waals surface area contributed by atoms with Crippen molar-refractivity contribution in [1.82, 2.24) is 0 Å². The van der Waals surface area contributed by atoms with Crippen LogP contribution in [0, 0.1) is 22.7 Å². The van der Waals surface area contributed by atoms with Crippen LogP contribution in [0.1, 0.15) is 39.5 Å². The number of hydrogen-bond acceptors (Lipinski definition) is 5. The maximum absolute atomic E-state index is 12.3. The van der Waals surface area contributed by atoms with Gasteiger partial charge in [0.15, 0.2) is 11.6 Å². The molecule has 2 saturated carbocycles. The predicted octanol–water partition coefficient (Wildman–Crippen LogP) is 1.58. The van der Waals surface area contributed by atoms with Crippen molar-refractivity contribution in [3.05, 3.63) is 23.8 Å². The number of carbonyl (C=O) groups excluding carboxylic acids is 2. The second-order valence-electron chi connectivity index (χ2n) is 8.63. The number of rotatable bonds is 2. The zero-order valence-corrected chi connectivity index (χ0v) is 14.8. The molecule has 2 N–H and O–H groups in total. The van der Waals surface area contributed by atoms with E-state index in [0.29, 0.717) is 13.0 Å². The molecule has 3 unspecified atom stereocenters. The minimum atomic E-state index is -1.51. The summed E-state index contributed by atoms with van der Waals surface area (Å²) in [5.41, 5.74) is -1.34. The number of ether oxygens (including phenoxy) is 1. The van der Waals surface area contributed by atoms with Gasteiger partial charge in [-0.25, -0.2) is 0 Å². The largest absolute Gasteiger partial charge is 0.388 e. The van der Waals surface area contributed by atoms with Gasteiger partial charge in [0.2, 0.25) is 0 Å². The monoisotopic (exact) mass is 346 g/mol. The highest BCUT2D eigenvalue weighted by atomic mass is 16.5. The van der Waals surface area contributed by atoms with Crippen LogP contribution < -0.4 is 0 Å². The minimum absolute atomic E-state index is 0.0374. The number of allylic oxidation sites excluding steroid dienone is 2. The van der Waals surface area contributed by atoms with E-state index in [1.165, 1.54) is 0 Å². The lowest BCUT2D eigenvalue weighted by molar-refractivity contribution is -0.208. The van der Waals surface area contributed by atoms with Crippen LogP contribution in [-0.2, 0) is 14.3 Å². The number of ketones is 2. The first-order chi connectivity index (χ1) is 11.8. The third kappa shape index (κ3) is 2.06. The summed E-state index contributed by atoms with van der Waals surface area (Å²) in [7, 11) is 0. The van der Waals surface area contributed by atoms with Crippen molar-refractivity contribution in [2.24, 2.45) is 22.7 Å². The molecule has 6 atom stereocenters. The van der Waals surface area contributed by atoms with Gasteiger partial charge in [-0.2, -0.15) is 0 Å². The number of aliphatic hydroxyl groups excluding tert-OH is 1. The molecule has 1 saturated heterocycles. The van der Waals surface area contributed by atoms with E-state index in [4.69, 9.17) is 4.74 Å². The van der Waals surface area contributed by atoms with Crippen LogP contribution in [0.4, 0.5) is 0 Å². The van der Waals surface area contributed by atoms with E-state index < -0.39 is 23.4 Å². The zero-order chi connectivity index (χ0) is 18.0. The molecular weight excluding hydrogens is 320 g/mol. The van der Waals surface area contributed by atoms with Crippen LogP contribution in [0.5, 0.6) is 0 Å². The Bertz CT molecular complexity index is 694. The van der Waals surface area contributed by atoms with E-state index >= 15 is 0 Å². The van der Waals surface area contributed by atoms with Crippen molar-refractivity contribution in [3.8, 4) is 0 Å². The van der Waals surface area contributed by atoms with Crippen LogP contribution in [0.3, 0.4) is 0 Å². The highest BCUT2D eigenvalue weighted by Crippen LogP contribution is 2.62. The molecule has 0 amide bonds. The Kier molecular flexibility index (Phi) is 3.67. The Labute approximate surface area is 147 Å². The third-order valence-corrected chi connectivity index (χ3v) is 7.59.